The Labute approximate surface area is 168 Å². The summed E-state index contributed by atoms with van der Waals surface area (Å²) in [5.74, 6) is -0.731. The van der Waals surface area contributed by atoms with Gasteiger partial charge in [-0.1, -0.05) is 29.5 Å². The molecule has 7 heteroatoms. The van der Waals surface area contributed by atoms with Gasteiger partial charge in [0.1, 0.15) is 11.1 Å². The monoisotopic (exact) mass is 399 g/mol. The predicted molar refractivity (Wildman–Crippen MR) is 111 cm³/mol. The first-order chi connectivity index (χ1) is 13.4. The Morgan fingerprint density at radius 2 is 1.96 bits per heavy atom. The van der Waals surface area contributed by atoms with E-state index in [-0.39, 0.29) is 24.1 Å². The quantitative estimate of drug-likeness (QED) is 0.828. The van der Waals surface area contributed by atoms with Gasteiger partial charge in [0.2, 0.25) is 11.8 Å². The molecule has 1 saturated heterocycles. The topological polar surface area (TPSA) is 61.8 Å². The third kappa shape index (κ3) is 4.59. The fraction of sp³-hybridized carbons (Fsp3) is 0.286. The van der Waals surface area contributed by atoms with Gasteiger partial charge in [-0.25, -0.2) is 9.38 Å². The molecule has 0 spiro atoms. The summed E-state index contributed by atoms with van der Waals surface area (Å²) in [5, 5.41) is 2.79. The summed E-state index contributed by atoms with van der Waals surface area (Å²) in [6.45, 7) is 6.24. The van der Waals surface area contributed by atoms with Gasteiger partial charge in [0.05, 0.1) is 5.69 Å². The van der Waals surface area contributed by atoms with Crippen LogP contribution >= 0.6 is 11.8 Å². The lowest BCUT2D eigenvalue weighted by molar-refractivity contribution is -0.129. The highest BCUT2D eigenvalue weighted by molar-refractivity contribution is 8.15. The number of amides is 2. The number of carbonyl (C=O) groups is 2. The van der Waals surface area contributed by atoms with Crippen molar-refractivity contribution in [2.75, 3.05) is 11.9 Å². The number of aryl methyl sites for hydroxylation is 2. The normalized spacial score (nSPS) is 18.4. The third-order valence-electron chi connectivity index (χ3n) is 4.44. The molecule has 2 aromatic rings. The Balaban J connectivity index is 1.81. The third-order valence-corrected chi connectivity index (χ3v) is 5.63. The maximum absolute atomic E-state index is 13.1. The number of benzene rings is 2. The van der Waals surface area contributed by atoms with Crippen LogP contribution in [0, 0.1) is 19.7 Å². The standard InChI is InChI=1S/C21H22FN3O2S/c1-4-25-19(26)12-18(20(27)24-17-10-5-13(2)11-14(17)3)28-21(25)23-16-8-6-15(22)7-9-16/h5-11,18H,4,12H2,1-3H3,(H,24,27)/t18-/m0/s1. The van der Waals surface area contributed by atoms with Crippen LogP contribution in [-0.2, 0) is 9.59 Å². The summed E-state index contributed by atoms with van der Waals surface area (Å²) in [6.07, 6.45) is 0.109. The van der Waals surface area contributed by atoms with Gasteiger partial charge in [-0.2, -0.15) is 0 Å². The van der Waals surface area contributed by atoms with Crippen LogP contribution in [0.5, 0.6) is 0 Å². The van der Waals surface area contributed by atoms with E-state index in [1.807, 2.05) is 39.0 Å². The fourth-order valence-electron chi connectivity index (χ4n) is 2.95. The van der Waals surface area contributed by atoms with E-state index in [1.54, 1.807) is 17.0 Å². The van der Waals surface area contributed by atoms with Gasteiger partial charge in [-0.05, 0) is 56.7 Å². The van der Waals surface area contributed by atoms with Crippen molar-refractivity contribution in [3.63, 3.8) is 0 Å². The van der Waals surface area contributed by atoms with Crippen LogP contribution in [0.1, 0.15) is 24.5 Å². The van der Waals surface area contributed by atoms with Crippen LogP contribution in [0.15, 0.2) is 47.5 Å². The Morgan fingerprint density at radius 1 is 1.25 bits per heavy atom. The molecule has 1 aliphatic rings. The number of thioether (sulfide) groups is 1. The average molecular weight is 399 g/mol. The molecule has 0 radical (unpaired) electrons. The van der Waals surface area contributed by atoms with Gasteiger partial charge in [-0.3, -0.25) is 14.5 Å². The van der Waals surface area contributed by atoms with Gasteiger partial charge in [-0.15, -0.1) is 0 Å². The van der Waals surface area contributed by atoms with E-state index in [2.05, 4.69) is 10.3 Å². The average Bonchev–Trinajstić information content (AvgIpc) is 2.65. The van der Waals surface area contributed by atoms with Crippen molar-refractivity contribution in [1.29, 1.82) is 0 Å². The molecule has 1 aliphatic heterocycles. The maximum atomic E-state index is 13.1. The number of halogens is 1. The summed E-state index contributed by atoms with van der Waals surface area (Å²) in [7, 11) is 0. The minimum atomic E-state index is -0.574. The molecule has 0 saturated carbocycles. The van der Waals surface area contributed by atoms with E-state index in [0.717, 1.165) is 16.8 Å². The largest absolute Gasteiger partial charge is 0.325 e. The molecule has 1 heterocycles. The molecule has 0 aliphatic carbocycles. The minimum absolute atomic E-state index is 0.109. The molecular formula is C21H22FN3O2S. The second-order valence-electron chi connectivity index (χ2n) is 6.63. The number of aliphatic imine (C=N–C) groups is 1. The maximum Gasteiger partial charge on any atom is 0.238 e. The number of hydrogen-bond donors (Lipinski definition) is 1. The molecule has 146 valence electrons. The Bertz CT molecular complexity index is 928. The molecule has 5 nitrogen and oxygen atoms in total. The Hall–Kier alpha value is -2.67. The van der Waals surface area contributed by atoms with Crippen molar-refractivity contribution >= 4 is 40.1 Å². The highest BCUT2D eigenvalue weighted by atomic mass is 32.2. The number of nitrogens with zero attached hydrogens (tertiary/aromatic N) is 2. The molecule has 0 aromatic heterocycles. The lowest BCUT2D eigenvalue weighted by Crippen LogP contribution is -2.45. The summed E-state index contributed by atoms with van der Waals surface area (Å²) in [6, 6.07) is 11.5. The van der Waals surface area contributed by atoms with Crippen molar-refractivity contribution in [2.45, 2.75) is 32.4 Å². The smallest absolute Gasteiger partial charge is 0.238 e. The second kappa shape index (κ2) is 8.56. The summed E-state index contributed by atoms with van der Waals surface area (Å²) in [5.41, 5.74) is 3.35. The molecule has 3 rings (SSSR count). The van der Waals surface area contributed by atoms with Crippen LogP contribution in [0.25, 0.3) is 0 Å². The molecule has 1 N–H and O–H groups in total. The highest BCUT2D eigenvalue weighted by Gasteiger charge is 2.35. The highest BCUT2D eigenvalue weighted by Crippen LogP contribution is 2.30. The summed E-state index contributed by atoms with van der Waals surface area (Å²) >= 11 is 1.25. The number of nitrogens with one attached hydrogen (secondary N) is 1. The molecule has 0 bridgehead atoms. The molecule has 1 atom stereocenters. The Morgan fingerprint density at radius 3 is 2.61 bits per heavy atom. The fourth-order valence-corrected chi connectivity index (χ4v) is 4.11. The first-order valence-electron chi connectivity index (χ1n) is 9.06. The van der Waals surface area contributed by atoms with Crippen LogP contribution < -0.4 is 5.32 Å². The van der Waals surface area contributed by atoms with Crippen LogP contribution in [-0.4, -0.2) is 33.7 Å². The first-order valence-corrected chi connectivity index (χ1v) is 9.94. The molecule has 1 fully saturated rings. The van der Waals surface area contributed by atoms with Gasteiger partial charge in [0.25, 0.3) is 0 Å². The van der Waals surface area contributed by atoms with Gasteiger partial charge < -0.3 is 5.32 Å². The van der Waals surface area contributed by atoms with Crippen LogP contribution in [0.3, 0.4) is 0 Å². The SMILES string of the molecule is CCN1C(=O)C[C@@H](C(=O)Nc2ccc(C)cc2C)SC1=Nc1ccc(F)cc1. The van der Waals surface area contributed by atoms with Crippen LogP contribution in [0.4, 0.5) is 15.8 Å². The molecule has 28 heavy (non-hydrogen) atoms. The van der Waals surface area contributed by atoms with Crippen molar-refractivity contribution in [3.05, 3.63) is 59.4 Å². The number of hydrogen-bond acceptors (Lipinski definition) is 4. The number of rotatable bonds is 4. The molecule has 2 aromatic carbocycles. The first kappa shape index (κ1) is 20.1. The van der Waals surface area contributed by atoms with Crippen molar-refractivity contribution in [3.8, 4) is 0 Å². The lowest BCUT2D eigenvalue weighted by Gasteiger charge is -2.31. The van der Waals surface area contributed by atoms with Crippen molar-refractivity contribution < 1.29 is 14.0 Å². The summed E-state index contributed by atoms with van der Waals surface area (Å²) in [4.78, 5) is 31.4. The van der Waals surface area contributed by atoms with Gasteiger partial charge in [0, 0.05) is 18.7 Å². The zero-order valence-electron chi connectivity index (χ0n) is 16.0. The van der Waals surface area contributed by atoms with Crippen LogP contribution in [0.2, 0.25) is 0 Å². The van der Waals surface area contributed by atoms with Gasteiger partial charge in [0.15, 0.2) is 5.17 Å². The molecular weight excluding hydrogens is 377 g/mol. The van der Waals surface area contributed by atoms with E-state index in [0.29, 0.717) is 17.4 Å². The van der Waals surface area contributed by atoms with E-state index in [4.69, 9.17) is 0 Å². The van der Waals surface area contributed by atoms with Gasteiger partial charge >= 0.3 is 0 Å². The second-order valence-corrected chi connectivity index (χ2v) is 7.80. The lowest BCUT2D eigenvalue weighted by atomic mass is 10.1. The van der Waals surface area contributed by atoms with Crippen molar-refractivity contribution in [2.24, 2.45) is 4.99 Å². The molecule has 0 unspecified atom stereocenters. The Kier molecular flexibility index (Phi) is 6.14. The summed E-state index contributed by atoms with van der Waals surface area (Å²) < 4.78 is 13.1. The predicted octanol–water partition coefficient (Wildman–Crippen LogP) is 4.42. The van der Waals surface area contributed by atoms with E-state index in [1.165, 1.54) is 23.9 Å². The van der Waals surface area contributed by atoms with E-state index >= 15 is 0 Å². The zero-order valence-corrected chi connectivity index (χ0v) is 16.8. The number of carbonyl (C=O) groups excluding carboxylic acids is 2. The number of amidine groups is 1. The molecule has 2 amide bonds. The van der Waals surface area contributed by atoms with E-state index < -0.39 is 5.25 Å². The zero-order chi connectivity index (χ0) is 20.3. The number of anilines is 1. The van der Waals surface area contributed by atoms with Crippen molar-refractivity contribution in [1.82, 2.24) is 4.90 Å². The minimum Gasteiger partial charge on any atom is -0.325 e. The van der Waals surface area contributed by atoms with E-state index in [9.17, 15) is 14.0 Å².